The molecule has 0 aliphatic heterocycles. The second kappa shape index (κ2) is 9.52. The first kappa shape index (κ1) is 19.4. The minimum atomic E-state index is -0.389. The van der Waals surface area contributed by atoms with Crippen LogP contribution in [0.15, 0.2) is 59.5 Å². The summed E-state index contributed by atoms with van der Waals surface area (Å²) in [5.41, 5.74) is 1.49. The van der Waals surface area contributed by atoms with Crippen molar-refractivity contribution < 1.29 is 9.53 Å². The van der Waals surface area contributed by atoms with Gasteiger partial charge in [-0.25, -0.2) is 4.79 Å². The lowest BCUT2D eigenvalue weighted by molar-refractivity contribution is 0.199. The van der Waals surface area contributed by atoms with E-state index < -0.39 is 0 Å². The van der Waals surface area contributed by atoms with E-state index >= 15 is 0 Å². The number of carbonyl (C=O) groups excluding carboxylic acids is 1. The molecule has 0 atom stereocenters. The smallest absolute Gasteiger partial charge is 0.410 e. The Morgan fingerprint density at radius 1 is 1.04 bits per heavy atom. The number of ether oxygens (including phenoxy) is 1. The Morgan fingerprint density at radius 2 is 1.72 bits per heavy atom. The molecule has 0 saturated heterocycles. The summed E-state index contributed by atoms with van der Waals surface area (Å²) in [5.74, 6) is 1.46. The third-order valence-electron chi connectivity index (χ3n) is 3.66. The molecule has 0 fully saturated rings. The Bertz CT molecular complexity index is 648. The molecule has 25 heavy (non-hydrogen) atoms. The largest absolute Gasteiger partial charge is 0.412 e. The Hall–Kier alpha value is -1.94. The van der Waals surface area contributed by atoms with Gasteiger partial charge in [-0.2, -0.15) is 0 Å². The number of thioether (sulfide) groups is 1. The zero-order valence-electron chi connectivity index (χ0n) is 15.2. The van der Waals surface area contributed by atoms with E-state index in [4.69, 9.17) is 4.74 Å². The van der Waals surface area contributed by atoms with Crippen LogP contribution >= 0.6 is 11.8 Å². The van der Waals surface area contributed by atoms with Crippen LogP contribution in [0.2, 0.25) is 0 Å². The third kappa shape index (κ3) is 8.12. The van der Waals surface area contributed by atoms with E-state index in [0.29, 0.717) is 17.7 Å². The van der Waals surface area contributed by atoms with Crippen molar-refractivity contribution in [3.8, 4) is 5.75 Å². The van der Waals surface area contributed by atoms with Crippen molar-refractivity contribution >= 4 is 17.9 Å². The van der Waals surface area contributed by atoms with Gasteiger partial charge in [0.1, 0.15) is 5.75 Å². The topological polar surface area (TPSA) is 38.3 Å². The second-order valence-electron chi connectivity index (χ2n) is 7.23. The van der Waals surface area contributed by atoms with E-state index in [1.807, 2.05) is 42.5 Å². The van der Waals surface area contributed by atoms with Gasteiger partial charge in [0.2, 0.25) is 0 Å². The van der Waals surface area contributed by atoms with Crippen LogP contribution in [0, 0.1) is 5.41 Å². The van der Waals surface area contributed by atoms with Crippen molar-refractivity contribution in [2.24, 2.45) is 5.41 Å². The summed E-state index contributed by atoms with van der Waals surface area (Å²) in [6, 6.07) is 18.0. The molecule has 0 bridgehead atoms. The molecule has 134 valence electrons. The lowest BCUT2D eigenvalue weighted by Crippen LogP contribution is -2.28. The molecule has 1 N–H and O–H groups in total. The van der Waals surface area contributed by atoms with Crippen molar-refractivity contribution in [3.05, 3.63) is 60.2 Å². The Labute approximate surface area is 155 Å². The van der Waals surface area contributed by atoms with Crippen molar-refractivity contribution in [1.29, 1.82) is 0 Å². The van der Waals surface area contributed by atoms with Crippen molar-refractivity contribution in [1.82, 2.24) is 5.32 Å². The van der Waals surface area contributed by atoms with E-state index in [-0.39, 0.29) is 6.09 Å². The van der Waals surface area contributed by atoms with Crippen molar-refractivity contribution in [2.75, 3.05) is 6.54 Å². The summed E-state index contributed by atoms with van der Waals surface area (Å²) < 4.78 is 5.31. The van der Waals surface area contributed by atoms with Gasteiger partial charge in [-0.15, -0.1) is 11.8 Å². The molecule has 3 nitrogen and oxygen atoms in total. The van der Waals surface area contributed by atoms with Crippen LogP contribution in [-0.4, -0.2) is 12.6 Å². The minimum absolute atomic E-state index is 0.291. The summed E-state index contributed by atoms with van der Waals surface area (Å²) >= 11 is 1.79. The van der Waals surface area contributed by atoms with Crippen LogP contribution in [-0.2, 0) is 5.75 Å². The van der Waals surface area contributed by atoms with Crippen LogP contribution in [0.25, 0.3) is 0 Å². The molecular weight excluding hydrogens is 330 g/mol. The zero-order valence-corrected chi connectivity index (χ0v) is 16.1. The van der Waals surface area contributed by atoms with E-state index in [9.17, 15) is 4.79 Å². The van der Waals surface area contributed by atoms with Gasteiger partial charge in [-0.05, 0) is 48.1 Å². The van der Waals surface area contributed by atoms with Crippen molar-refractivity contribution in [3.63, 3.8) is 0 Å². The molecule has 2 aromatic carbocycles. The van der Waals surface area contributed by atoms with Crippen LogP contribution in [0.5, 0.6) is 5.75 Å². The predicted molar refractivity (Wildman–Crippen MR) is 105 cm³/mol. The zero-order chi connectivity index (χ0) is 18.1. The Morgan fingerprint density at radius 3 is 2.36 bits per heavy atom. The molecule has 0 aliphatic rings. The minimum Gasteiger partial charge on any atom is -0.410 e. The first-order chi connectivity index (χ1) is 11.9. The number of benzene rings is 2. The maximum atomic E-state index is 11.8. The predicted octanol–water partition coefficient (Wildman–Crippen LogP) is 5.89. The summed E-state index contributed by atoms with van der Waals surface area (Å²) in [5, 5.41) is 2.80. The van der Waals surface area contributed by atoms with Crippen LogP contribution in [0.4, 0.5) is 4.79 Å². The van der Waals surface area contributed by atoms with Gasteiger partial charge >= 0.3 is 6.09 Å². The molecule has 2 aromatic rings. The molecule has 2 rings (SSSR count). The van der Waals surface area contributed by atoms with Gasteiger partial charge in [0, 0.05) is 17.2 Å². The molecule has 0 aliphatic carbocycles. The Balaban J connectivity index is 1.71. The monoisotopic (exact) mass is 357 g/mol. The van der Waals surface area contributed by atoms with E-state index in [2.05, 4.69) is 38.2 Å². The maximum absolute atomic E-state index is 11.8. The number of nitrogens with one attached hydrogen (secondary N) is 1. The number of carbonyl (C=O) groups is 1. The van der Waals surface area contributed by atoms with Crippen LogP contribution in [0.1, 0.15) is 39.2 Å². The highest BCUT2D eigenvalue weighted by Crippen LogP contribution is 2.23. The summed E-state index contributed by atoms with van der Waals surface area (Å²) in [7, 11) is 0. The number of hydrogen-bond acceptors (Lipinski definition) is 3. The molecule has 0 unspecified atom stereocenters. The van der Waals surface area contributed by atoms with Crippen LogP contribution in [0.3, 0.4) is 0 Å². The fourth-order valence-corrected chi connectivity index (χ4v) is 3.16. The second-order valence-corrected chi connectivity index (χ2v) is 8.27. The molecule has 0 saturated carbocycles. The normalized spacial score (nSPS) is 11.2. The molecule has 1 amide bonds. The fourth-order valence-electron chi connectivity index (χ4n) is 2.29. The van der Waals surface area contributed by atoms with Crippen molar-refractivity contribution in [2.45, 2.75) is 44.3 Å². The average molecular weight is 358 g/mol. The average Bonchev–Trinajstić information content (AvgIpc) is 2.58. The quantitative estimate of drug-likeness (QED) is 0.496. The van der Waals surface area contributed by atoms with Gasteiger partial charge < -0.3 is 10.1 Å². The van der Waals surface area contributed by atoms with Gasteiger partial charge in [0.25, 0.3) is 0 Å². The molecule has 0 spiro atoms. The van der Waals surface area contributed by atoms with Crippen LogP contribution < -0.4 is 10.1 Å². The highest BCUT2D eigenvalue weighted by atomic mass is 32.2. The summed E-state index contributed by atoms with van der Waals surface area (Å²) in [4.78, 5) is 13.0. The molecule has 0 aromatic heterocycles. The highest BCUT2D eigenvalue weighted by Gasteiger charge is 2.10. The van der Waals surface area contributed by atoms with E-state index in [1.54, 1.807) is 11.8 Å². The van der Waals surface area contributed by atoms with Gasteiger partial charge in [-0.3, -0.25) is 0 Å². The third-order valence-corrected chi connectivity index (χ3v) is 4.74. The maximum Gasteiger partial charge on any atom is 0.412 e. The van der Waals surface area contributed by atoms with Gasteiger partial charge in [0.15, 0.2) is 0 Å². The van der Waals surface area contributed by atoms with Gasteiger partial charge in [0.05, 0.1) is 0 Å². The van der Waals surface area contributed by atoms with Gasteiger partial charge in [-0.1, -0.05) is 51.1 Å². The van der Waals surface area contributed by atoms with E-state index in [0.717, 1.165) is 18.6 Å². The highest BCUT2D eigenvalue weighted by molar-refractivity contribution is 7.98. The first-order valence-electron chi connectivity index (χ1n) is 8.65. The summed E-state index contributed by atoms with van der Waals surface area (Å²) in [6.45, 7) is 7.23. The lowest BCUT2D eigenvalue weighted by atomic mass is 9.91. The molecular formula is C21H27NO2S. The standard InChI is InChI=1S/C21H27NO2S/c1-21(2,3)14-7-15-22-20(23)24-18-12-10-17(11-13-18)16-25-19-8-5-4-6-9-19/h4-6,8-13H,7,14-16H2,1-3H3,(H,22,23). The first-order valence-corrected chi connectivity index (χ1v) is 9.63. The fraction of sp³-hybridized carbons (Fsp3) is 0.381. The molecule has 4 heteroatoms. The number of amides is 1. The van der Waals surface area contributed by atoms with E-state index in [1.165, 1.54) is 10.5 Å². The number of hydrogen-bond donors (Lipinski definition) is 1. The Kier molecular flexibility index (Phi) is 7.38. The SMILES string of the molecule is CC(C)(C)CCCNC(=O)Oc1ccc(CSc2ccccc2)cc1. The molecule has 0 radical (unpaired) electrons. The molecule has 0 heterocycles. The lowest BCUT2D eigenvalue weighted by Gasteiger charge is -2.17. The number of rotatable bonds is 7. The summed E-state index contributed by atoms with van der Waals surface area (Å²) in [6.07, 6.45) is 1.63.